The molecule has 0 radical (unpaired) electrons. The maximum Gasteiger partial charge on any atom is 0.164 e. The molecule has 0 saturated heterocycles. The summed E-state index contributed by atoms with van der Waals surface area (Å²) in [5.41, 5.74) is 0.706. The fourth-order valence-electron chi connectivity index (χ4n) is 1.81. The molecule has 2 nitrogen and oxygen atoms in total. The maximum absolute atomic E-state index is 12.0. The lowest BCUT2D eigenvalue weighted by molar-refractivity contribution is 0.0980. The molecular formula is C15H21ClO2. The van der Waals surface area contributed by atoms with Crippen molar-refractivity contribution >= 4 is 17.4 Å². The Hall–Kier alpha value is -1.02. The van der Waals surface area contributed by atoms with Gasteiger partial charge in [-0.25, -0.2) is 0 Å². The number of unbranched alkanes of at least 4 members (excludes halogenated alkanes) is 2. The van der Waals surface area contributed by atoms with Crippen LogP contribution in [0.5, 0.6) is 5.75 Å². The van der Waals surface area contributed by atoms with Gasteiger partial charge in [-0.2, -0.15) is 0 Å². The predicted octanol–water partition coefficient (Wildman–Crippen LogP) is 4.46. The van der Waals surface area contributed by atoms with Crippen LogP contribution >= 0.6 is 11.6 Å². The summed E-state index contributed by atoms with van der Waals surface area (Å²) in [6.45, 7) is 2.16. The van der Waals surface area contributed by atoms with E-state index in [2.05, 4.69) is 6.92 Å². The molecule has 1 atom stereocenters. The summed E-state index contributed by atoms with van der Waals surface area (Å²) >= 11 is 6.17. The SMILES string of the molecule is CCCCCC(Cl)CC(=O)c1ccc(OC)cc1. The van der Waals surface area contributed by atoms with Gasteiger partial charge in [-0.15, -0.1) is 11.6 Å². The van der Waals surface area contributed by atoms with Crippen LogP contribution in [0, 0.1) is 0 Å². The second-order valence-electron chi connectivity index (χ2n) is 4.45. The molecule has 1 aromatic carbocycles. The van der Waals surface area contributed by atoms with Crippen LogP contribution in [0.4, 0.5) is 0 Å². The molecule has 0 aliphatic heterocycles. The Kier molecular flexibility index (Phi) is 6.81. The van der Waals surface area contributed by atoms with Gasteiger partial charge in [-0.3, -0.25) is 4.79 Å². The van der Waals surface area contributed by atoms with Crippen LogP contribution in [0.3, 0.4) is 0 Å². The average Bonchev–Trinajstić information content (AvgIpc) is 2.39. The topological polar surface area (TPSA) is 26.3 Å². The first kappa shape index (κ1) is 15.0. The molecule has 3 heteroatoms. The third-order valence-corrected chi connectivity index (χ3v) is 3.31. The Bertz CT molecular complexity index is 359. The second-order valence-corrected chi connectivity index (χ2v) is 5.07. The number of alkyl halides is 1. The summed E-state index contributed by atoms with van der Waals surface area (Å²) in [6.07, 6.45) is 4.78. The highest BCUT2D eigenvalue weighted by Gasteiger charge is 2.12. The molecule has 0 aliphatic carbocycles. The van der Waals surface area contributed by atoms with Crippen molar-refractivity contribution in [2.45, 2.75) is 44.4 Å². The van der Waals surface area contributed by atoms with Crippen LogP contribution in [0.1, 0.15) is 49.4 Å². The molecule has 100 valence electrons. The fourth-order valence-corrected chi connectivity index (χ4v) is 2.11. The van der Waals surface area contributed by atoms with Crippen LogP contribution in [-0.2, 0) is 0 Å². The monoisotopic (exact) mass is 268 g/mol. The van der Waals surface area contributed by atoms with Crippen molar-refractivity contribution in [3.8, 4) is 5.75 Å². The van der Waals surface area contributed by atoms with Gasteiger partial charge in [-0.05, 0) is 30.7 Å². The molecule has 0 N–H and O–H groups in total. The van der Waals surface area contributed by atoms with Crippen LogP contribution in [0.2, 0.25) is 0 Å². The molecule has 0 amide bonds. The molecular weight excluding hydrogens is 248 g/mol. The molecule has 0 fully saturated rings. The first-order valence-corrected chi connectivity index (χ1v) is 6.92. The summed E-state index contributed by atoms with van der Waals surface area (Å²) in [5, 5.41) is -0.0499. The van der Waals surface area contributed by atoms with Gasteiger partial charge in [0.1, 0.15) is 5.75 Å². The Balaban J connectivity index is 2.43. The van der Waals surface area contributed by atoms with E-state index >= 15 is 0 Å². The molecule has 18 heavy (non-hydrogen) atoms. The summed E-state index contributed by atoms with van der Waals surface area (Å²) in [5.74, 6) is 0.867. The average molecular weight is 269 g/mol. The summed E-state index contributed by atoms with van der Waals surface area (Å²) in [7, 11) is 1.61. The summed E-state index contributed by atoms with van der Waals surface area (Å²) in [6, 6.07) is 7.18. The van der Waals surface area contributed by atoms with Crippen LogP contribution in [0.15, 0.2) is 24.3 Å². The lowest BCUT2D eigenvalue weighted by Crippen LogP contribution is -2.08. The van der Waals surface area contributed by atoms with Gasteiger partial charge >= 0.3 is 0 Å². The van der Waals surface area contributed by atoms with E-state index in [1.165, 1.54) is 12.8 Å². The molecule has 0 bridgehead atoms. The van der Waals surface area contributed by atoms with Gasteiger partial charge < -0.3 is 4.74 Å². The molecule has 1 rings (SSSR count). The van der Waals surface area contributed by atoms with Crippen molar-refractivity contribution in [2.75, 3.05) is 7.11 Å². The zero-order valence-corrected chi connectivity index (χ0v) is 11.9. The van der Waals surface area contributed by atoms with E-state index in [9.17, 15) is 4.79 Å². The lowest BCUT2D eigenvalue weighted by atomic mass is 10.0. The van der Waals surface area contributed by atoms with Crippen molar-refractivity contribution < 1.29 is 9.53 Å². The Morgan fingerprint density at radius 3 is 2.50 bits per heavy atom. The normalized spacial score (nSPS) is 12.2. The quantitative estimate of drug-likeness (QED) is 0.395. The van der Waals surface area contributed by atoms with E-state index < -0.39 is 0 Å². The van der Waals surface area contributed by atoms with Crippen LogP contribution < -0.4 is 4.74 Å². The van der Waals surface area contributed by atoms with Crippen molar-refractivity contribution in [3.63, 3.8) is 0 Å². The number of ketones is 1. The van der Waals surface area contributed by atoms with Gasteiger partial charge in [0.2, 0.25) is 0 Å². The smallest absolute Gasteiger partial charge is 0.164 e. The number of carbonyl (C=O) groups is 1. The number of Topliss-reactive ketones (excluding diaryl/α,β-unsaturated/α-hetero) is 1. The number of halogens is 1. The number of carbonyl (C=O) groups excluding carboxylic acids is 1. The Labute approximate surface area is 114 Å². The van der Waals surface area contributed by atoms with Crippen LogP contribution in [-0.4, -0.2) is 18.3 Å². The minimum Gasteiger partial charge on any atom is -0.497 e. The number of rotatable bonds is 8. The molecule has 0 aromatic heterocycles. The van der Waals surface area contributed by atoms with Gasteiger partial charge in [0.05, 0.1) is 7.11 Å². The van der Waals surface area contributed by atoms with Crippen molar-refractivity contribution in [1.82, 2.24) is 0 Å². The first-order chi connectivity index (χ1) is 8.67. The highest BCUT2D eigenvalue weighted by Crippen LogP contribution is 2.17. The molecule has 1 aromatic rings. The van der Waals surface area contributed by atoms with Gasteiger partial charge in [0.15, 0.2) is 5.78 Å². The summed E-state index contributed by atoms with van der Waals surface area (Å²) < 4.78 is 5.06. The molecule has 0 saturated carbocycles. The summed E-state index contributed by atoms with van der Waals surface area (Å²) in [4.78, 5) is 12.0. The van der Waals surface area contributed by atoms with Gasteiger partial charge in [-0.1, -0.05) is 26.2 Å². The second kappa shape index (κ2) is 8.15. The minimum atomic E-state index is -0.0499. The Morgan fingerprint density at radius 1 is 1.28 bits per heavy atom. The zero-order chi connectivity index (χ0) is 13.4. The molecule has 0 aliphatic rings. The van der Waals surface area contributed by atoms with Crippen molar-refractivity contribution in [1.29, 1.82) is 0 Å². The van der Waals surface area contributed by atoms with E-state index in [-0.39, 0.29) is 11.2 Å². The molecule has 0 spiro atoms. The molecule has 0 heterocycles. The van der Waals surface area contributed by atoms with E-state index in [0.29, 0.717) is 12.0 Å². The lowest BCUT2D eigenvalue weighted by Gasteiger charge is -2.08. The van der Waals surface area contributed by atoms with Crippen molar-refractivity contribution in [2.24, 2.45) is 0 Å². The first-order valence-electron chi connectivity index (χ1n) is 6.48. The van der Waals surface area contributed by atoms with Crippen LogP contribution in [0.25, 0.3) is 0 Å². The Morgan fingerprint density at radius 2 is 1.94 bits per heavy atom. The molecule has 1 unspecified atom stereocenters. The van der Waals surface area contributed by atoms with E-state index in [1.54, 1.807) is 31.4 Å². The zero-order valence-electron chi connectivity index (χ0n) is 11.1. The van der Waals surface area contributed by atoms with E-state index in [4.69, 9.17) is 16.3 Å². The van der Waals surface area contributed by atoms with Crippen molar-refractivity contribution in [3.05, 3.63) is 29.8 Å². The number of hydrogen-bond donors (Lipinski definition) is 0. The van der Waals surface area contributed by atoms with Gasteiger partial charge in [0.25, 0.3) is 0 Å². The fraction of sp³-hybridized carbons (Fsp3) is 0.533. The predicted molar refractivity (Wildman–Crippen MR) is 75.7 cm³/mol. The van der Waals surface area contributed by atoms with Gasteiger partial charge in [0, 0.05) is 17.4 Å². The highest BCUT2D eigenvalue weighted by atomic mass is 35.5. The number of hydrogen-bond acceptors (Lipinski definition) is 2. The number of ether oxygens (including phenoxy) is 1. The van der Waals surface area contributed by atoms with E-state index in [1.807, 2.05) is 0 Å². The third-order valence-electron chi connectivity index (χ3n) is 2.94. The standard InChI is InChI=1S/C15H21ClO2/c1-3-4-5-6-13(16)11-15(17)12-7-9-14(18-2)10-8-12/h7-10,13H,3-6,11H2,1-2H3. The maximum atomic E-state index is 12.0. The number of benzene rings is 1. The third kappa shape index (κ3) is 5.09. The largest absolute Gasteiger partial charge is 0.497 e. The highest BCUT2D eigenvalue weighted by molar-refractivity contribution is 6.22. The van der Waals surface area contributed by atoms with E-state index in [0.717, 1.165) is 18.6 Å². The minimum absolute atomic E-state index is 0.0499. The number of methoxy groups -OCH3 is 1.